The summed E-state index contributed by atoms with van der Waals surface area (Å²) in [6.07, 6.45) is 1.50. The summed E-state index contributed by atoms with van der Waals surface area (Å²) in [6.45, 7) is 2.22. The third kappa shape index (κ3) is 4.84. The Morgan fingerprint density at radius 3 is 2.79 bits per heavy atom. The Kier molecular flexibility index (Phi) is 6.35. The lowest BCUT2D eigenvalue weighted by Crippen LogP contribution is -2.13. The number of carbonyl (C=O) groups excluding carboxylic acids is 1. The van der Waals surface area contributed by atoms with Gasteiger partial charge in [0.1, 0.15) is 12.1 Å². The van der Waals surface area contributed by atoms with Gasteiger partial charge in [0.25, 0.3) is 11.6 Å². The van der Waals surface area contributed by atoms with Crippen molar-refractivity contribution < 1.29 is 14.5 Å². The number of amides is 1. The molecule has 0 saturated carbocycles. The van der Waals surface area contributed by atoms with Gasteiger partial charge in [-0.1, -0.05) is 11.6 Å². The number of aryl methyl sites for hydroxylation is 1. The first kappa shape index (κ1) is 20.6. The summed E-state index contributed by atoms with van der Waals surface area (Å²) in [5.41, 5.74) is 0.299. The van der Waals surface area contributed by atoms with Gasteiger partial charge in [-0.05, 0) is 49.0 Å². The fraction of sp³-hybridized carbons (Fsp3) is 0.167. The van der Waals surface area contributed by atoms with Gasteiger partial charge in [-0.3, -0.25) is 14.9 Å². The lowest BCUT2D eigenvalue weighted by atomic mass is 10.2. The van der Waals surface area contributed by atoms with E-state index >= 15 is 0 Å². The van der Waals surface area contributed by atoms with E-state index in [1.54, 1.807) is 29.8 Å². The Morgan fingerprint density at radius 1 is 1.34 bits per heavy atom. The molecule has 1 N–H and O–H groups in total. The zero-order valence-corrected chi connectivity index (χ0v) is 17.0. The van der Waals surface area contributed by atoms with Crippen molar-refractivity contribution in [3.63, 3.8) is 0 Å². The fourth-order valence-corrected chi connectivity index (χ4v) is 3.45. The summed E-state index contributed by atoms with van der Waals surface area (Å²) >= 11 is 7.09. The molecule has 0 aliphatic rings. The zero-order valence-electron chi connectivity index (χ0n) is 15.5. The number of anilines is 1. The van der Waals surface area contributed by atoms with Gasteiger partial charge in [-0.25, -0.2) is 0 Å². The Bertz CT molecular complexity index is 1070. The molecule has 0 aliphatic carbocycles. The van der Waals surface area contributed by atoms with Crippen molar-refractivity contribution in [3.8, 4) is 5.75 Å². The van der Waals surface area contributed by atoms with E-state index in [-0.39, 0.29) is 11.3 Å². The highest BCUT2D eigenvalue weighted by Crippen LogP contribution is 2.35. The number of ether oxygens (including phenoxy) is 1. The summed E-state index contributed by atoms with van der Waals surface area (Å²) in [6, 6.07) is 9.08. The molecule has 1 heterocycles. The quantitative estimate of drug-likeness (QED) is 0.439. The van der Waals surface area contributed by atoms with Crippen LogP contribution in [0.3, 0.4) is 0 Å². The highest BCUT2D eigenvalue weighted by Gasteiger charge is 2.20. The van der Waals surface area contributed by atoms with Crippen LogP contribution in [0.2, 0.25) is 5.02 Å². The van der Waals surface area contributed by atoms with Crippen LogP contribution in [0.25, 0.3) is 0 Å². The minimum absolute atomic E-state index is 0.126. The fourth-order valence-electron chi connectivity index (χ4n) is 2.43. The normalized spacial score (nSPS) is 10.6. The number of nitrogens with zero attached hydrogens (tertiary/aromatic N) is 4. The zero-order chi connectivity index (χ0) is 21.0. The number of halogens is 1. The predicted octanol–water partition coefficient (Wildman–Crippen LogP) is 4.18. The summed E-state index contributed by atoms with van der Waals surface area (Å²) in [5, 5.41) is 22.8. The molecule has 0 spiro atoms. The molecule has 3 aromatic rings. The second kappa shape index (κ2) is 8.93. The molecule has 0 unspecified atom stereocenters. The second-order valence-electron chi connectivity index (χ2n) is 5.79. The van der Waals surface area contributed by atoms with Crippen molar-refractivity contribution in [1.29, 1.82) is 0 Å². The second-order valence-corrected chi connectivity index (χ2v) is 7.24. The molecule has 0 bridgehead atoms. The topological polar surface area (TPSA) is 112 Å². The molecule has 0 fully saturated rings. The minimum Gasteiger partial charge on any atom is -0.492 e. The van der Waals surface area contributed by atoms with Crippen LogP contribution in [0.5, 0.6) is 5.75 Å². The van der Waals surface area contributed by atoms with Crippen LogP contribution in [-0.2, 0) is 7.05 Å². The van der Waals surface area contributed by atoms with Crippen molar-refractivity contribution in [1.82, 2.24) is 14.8 Å². The summed E-state index contributed by atoms with van der Waals surface area (Å²) in [7, 11) is 1.73. The van der Waals surface area contributed by atoms with Crippen LogP contribution in [0, 0.1) is 10.1 Å². The third-order valence-corrected chi connectivity index (χ3v) is 5.13. The third-order valence-electron chi connectivity index (χ3n) is 3.78. The molecule has 1 aromatic heterocycles. The number of nitrogens with one attached hydrogen (secondary N) is 1. The van der Waals surface area contributed by atoms with E-state index in [4.69, 9.17) is 16.3 Å². The smallest absolute Gasteiger partial charge is 0.284 e. The largest absolute Gasteiger partial charge is 0.492 e. The van der Waals surface area contributed by atoms with E-state index < -0.39 is 10.8 Å². The van der Waals surface area contributed by atoms with Gasteiger partial charge in [0.2, 0.25) is 0 Å². The van der Waals surface area contributed by atoms with E-state index in [2.05, 4.69) is 15.5 Å². The van der Waals surface area contributed by atoms with Gasteiger partial charge in [0.05, 0.1) is 22.1 Å². The lowest BCUT2D eigenvalue weighted by molar-refractivity contribution is -0.387. The molecule has 3 rings (SSSR count). The highest BCUT2D eigenvalue weighted by atomic mass is 35.5. The van der Waals surface area contributed by atoms with E-state index in [1.165, 1.54) is 24.5 Å². The van der Waals surface area contributed by atoms with E-state index in [1.807, 2.05) is 6.92 Å². The number of hydrogen-bond donors (Lipinski definition) is 1. The van der Waals surface area contributed by atoms with Crippen molar-refractivity contribution in [2.75, 3.05) is 11.9 Å². The summed E-state index contributed by atoms with van der Waals surface area (Å²) in [4.78, 5) is 24.0. The maximum absolute atomic E-state index is 12.7. The van der Waals surface area contributed by atoms with E-state index in [0.29, 0.717) is 33.1 Å². The van der Waals surface area contributed by atoms with Crippen LogP contribution < -0.4 is 10.1 Å². The van der Waals surface area contributed by atoms with Crippen LogP contribution in [-0.4, -0.2) is 32.2 Å². The van der Waals surface area contributed by atoms with Gasteiger partial charge in [-0.2, -0.15) is 0 Å². The highest BCUT2D eigenvalue weighted by molar-refractivity contribution is 7.99. The number of aromatic nitrogens is 3. The number of hydrogen-bond acceptors (Lipinski definition) is 7. The number of rotatable bonds is 7. The van der Waals surface area contributed by atoms with Gasteiger partial charge in [0.15, 0.2) is 5.16 Å². The monoisotopic (exact) mass is 433 g/mol. The first-order chi connectivity index (χ1) is 13.9. The van der Waals surface area contributed by atoms with E-state index in [9.17, 15) is 14.9 Å². The van der Waals surface area contributed by atoms with Gasteiger partial charge >= 0.3 is 0 Å². The van der Waals surface area contributed by atoms with Gasteiger partial charge in [-0.15, -0.1) is 10.2 Å². The SMILES string of the molecule is CCOc1ccc(Cl)cc1NC(=O)c1ccc(Sc2nncn2C)c([N+](=O)[O-])c1. The molecule has 0 aliphatic heterocycles. The predicted molar refractivity (Wildman–Crippen MR) is 109 cm³/mol. The van der Waals surface area contributed by atoms with E-state index in [0.717, 1.165) is 11.8 Å². The number of carbonyl (C=O) groups is 1. The number of nitro groups is 1. The number of benzene rings is 2. The summed E-state index contributed by atoms with van der Waals surface area (Å²) in [5.74, 6) is -0.0688. The van der Waals surface area contributed by atoms with Gasteiger partial charge in [0, 0.05) is 23.7 Å². The van der Waals surface area contributed by atoms with Crippen LogP contribution >= 0.6 is 23.4 Å². The molecule has 1 amide bonds. The Balaban J connectivity index is 1.88. The Labute approximate surface area is 175 Å². The maximum Gasteiger partial charge on any atom is 0.284 e. The molecular weight excluding hydrogens is 418 g/mol. The van der Waals surface area contributed by atoms with Crippen LogP contribution in [0.4, 0.5) is 11.4 Å². The standard InChI is InChI=1S/C18H16ClN5O4S/c1-3-28-15-6-5-12(19)9-13(15)21-17(25)11-4-7-16(14(8-11)24(26)27)29-18-22-20-10-23(18)2/h4-10H,3H2,1-2H3,(H,21,25). The summed E-state index contributed by atoms with van der Waals surface area (Å²) < 4.78 is 7.12. The molecule has 11 heteroatoms. The first-order valence-corrected chi connectivity index (χ1v) is 9.62. The molecule has 0 atom stereocenters. The average Bonchev–Trinajstić information content (AvgIpc) is 3.08. The molecule has 0 saturated heterocycles. The molecular formula is C18H16ClN5O4S. The minimum atomic E-state index is -0.541. The average molecular weight is 434 g/mol. The van der Waals surface area contributed by atoms with Crippen molar-refractivity contribution in [2.24, 2.45) is 7.05 Å². The molecule has 2 aromatic carbocycles. The molecule has 0 radical (unpaired) electrons. The Morgan fingerprint density at radius 2 is 2.14 bits per heavy atom. The molecule has 150 valence electrons. The van der Waals surface area contributed by atoms with Crippen LogP contribution in [0.15, 0.2) is 52.8 Å². The van der Waals surface area contributed by atoms with Crippen molar-refractivity contribution >= 4 is 40.6 Å². The first-order valence-electron chi connectivity index (χ1n) is 8.43. The Hall–Kier alpha value is -3.11. The van der Waals surface area contributed by atoms with Gasteiger partial charge < -0.3 is 14.6 Å². The maximum atomic E-state index is 12.7. The number of nitro benzene ring substituents is 1. The van der Waals surface area contributed by atoms with Crippen molar-refractivity contribution in [2.45, 2.75) is 17.0 Å². The van der Waals surface area contributed by atoms with Crippen molar-refractivity contribution in [3.05, 3.63) is 63.4 Å². The molecule has 29 heavy (non-hydrogen) atoms. The van der Waals surface area contributed by atoms with Crippen LogP contribution in [0.1, 0.15) is 17.3 Å². The lowest BCUT2D eigenvalue weighted by Gasteiger charge is -2.12. The molecule has 9 nitrogen and oxygen atoms in total.